The molecule has 4 heteroatoms. The van der Waals surface area contributed by atoms with E-state index in [1.165, 1.54) is 0 Å². The van der Waals surface area contributed by atoms with E-state index in [9.17, 15) is 0 Å². The molecule has 2 aromatic rings. The lowest BCUT2D eigenvalue weighted by Gasteiger charge is -2.00. The molecule has 1 aromatic heterocycles. The van der Waals surface area contributed by atoms with Gasteiger partial charge >= 0.3 is 0 Å². The number of nitrogen functional groups attached to an aromatic ring is 1. The van der Waals surface area contributed by atoms with E-state index in [0.29, 0.717) is 5.82 Å². The number of hydrogen-bond acceptors (Lipinski definition) is 3. The van der Waals surface area contributed by atoms with E-state index < -0.39 is 0 Å². The second kappa shape index (κ2) is 2.90. The van der Waals surface area contributed by atoms with Gasteiger partial charge in [-0.15, -0.1) is 5.10 Å². The fourth-order valence-corrected chi connectivity index (χ4v) is 1.30. The highest BCUT2D eigenvalue weighted by atomic mass is 15.4. The van der Waals surface area contributed by atoms with Crippen LogP contribution in [0.2, 0.25) is 0 Å². The summed E-state index contributed by atoms with van der Waals surface area (Å²) >= 11 is 0. The molecule has 0 aliphatic rings. The molecule has 1 aromatic carbocycles. The second-order valence-corrected chi connectivity index (χ2v) is 2.81. The molecule has 1 heterocycles. The van der Waals surface area contributed by atoms with Crippen LogP contribution in [-0.2, 0) is 7.05 Å². The van der Waals surface area contributed by atoms with E-state index in [1.807, 2.05) is 37.4 Å². The lowest BCUT2D eigenvalue weighted by Crippen LogP contribution is -1.95. The monoisotopic (exact) mass is 174 g/mol. The molecule has 0 bridgehead atoms. The first-order chi connectivity index (χ1) is 6.29. The summed E-state index contributed by atoms with van der Waals surface area (Å²) in [6.07, 6.45) is 0. The molecule has 2 rings (SSSR count). The summed E-state index contributed by atoms with van der Waals surface area (Å²) in [5.41, 5.74) is 7.58. The van der Waals surface area contributed by atoms with Gasteiger partial charge in [0.25, 0.3) is 0 Å². The van der Waals surface area contributed by atoms with Crippen LogP contribution in [0.5, 0.6) is 0 Å². The Morgan fingerprint density at radius 2 is 1.92 bits per heavy atom. The Morgan fingerprint density at radius 3 is 2.46 bits per heavy atom. The van der Waals surface area contributed by atoms with Gasteiger partial charge in [-0.2, -0.15) is 0 Å². The minimum Gasteiger partial charge on any atom is -0.380 e. The molecule has 2 N–H and O–H groups in total. The molecule has 0 atom stereocenters. The summed E-state index contributed by atoms with van der Waals surface area (Å²) in [4.78, 5) is 0. The summed E-state index contributed by atoms with van der Waals surface area (Å²) < 4.78 is 1.67. The normalized spacial score (nSPS) is 10.2. The minimum absolute atomic E-state index is 0.466. The third-order valence-corrected chi connectivity index (χ3v) is 1.90. The number of nitrogens with two attached hydrogens (primary N) is 1. The van der Waals surface area contributed by atoms with Gasteiger partial charge in [-0.3, -0.25) is 0 Å². The molecule has 0 radical (unpaired) electrons. The molecule has 66 valence electrons. The highest BCUT2D eigenvalue weighted by Crippen LogP contribution is 2.21. The van der Waals surface area contributed by atoms with Gasteiger partial charge < -0.3 is 5.73 Å². The van der Waals surface area contributed by atoms with Crippen LogP contribution in [-0.4, -0.2) is 15.0 Å². The highest BCUT2D eigenvalue weighted by molar-refractivity contribution is 5.69. The van der Waals surface area contributed by atoms with Gasteiger partial charge in [0, 0.05) is 12.6 Å². The Balaban J connectivity index is 2.59. The number of hydrogen-bond donors (Lipinski definition) is 1. The van der Waals surface area contributed by atoms with E-state index in [-0.39, 0.29) is 0 Å². The molecule has 0 fully saturated rings. The fraction of sp³-hybridized carbons (Fsp3) is 0.111. The van der Waals surface area contributed by atoms with Crippen molar-refractivity contribution in [3.05, 3.63) is 30.3 Å². The average Bonchev–Trinajstić information content (AvgIpc) is 2.48. The number of aryl methyl sites for hydroxylation is 1. The van der Waals surface area contributed by atoms with Crippen LogP contribution < -0.4 is 5.73 Å². The largest absolute Gasteiger partial charge is 0.380 e. The summed E-state index contributed by atoms with van der Waals surface area (Å²) in [7, 11) is 1.83. The van der Waals surface area contributed by atoms with Crippen LogP contribution in [0, 0.1) is 0 Å². The standard InChI is InChI=1S/C9H10N4/c1-13-8(9(10)11-12-13)7-5-3-2-4-6-7/h2-6H,10H2,1H3. The fourth-order valence-electron chi connectivity index (χ4n) is 1.30. The van der Waals surface area contributed by atoms with Crippen LogP contribution in [0.3, 0.4) is 0 Å². The first kappa shape index (κ1) is 7.79. The topological polar surface area (TPSA) is 56.7 Å². The van der Waals surface area contributed by atoms with Crippen molar-refractivity contribution in [3.8, 4) is 11.3 Å². The minimum atomic E-state index is 0.466. The molecule has 0 unspecified atom stereocenters. The third kappa shape index (κ3) is 1.26. The van der Waals surface area contributed by atoms with Crippen molar-refractivity contribution in [2.75, 3.05) is 5.73 Å². The zero-order chi connectivity index (χ0) is 9.26. The van der Waals surface area contributed by atoms with Crippen LogP contribution in [0.25, 0.3) is 11.3 Å². The Labute approximate surface area is 76.0 Å². The lowest BCUT2D eigenvalue weighted by atomic mass is 10.1. The van der Waals surface area contributed by atoms with Crippen molar-refractivity contribution in [2.45, 2.75) is 0 Å². The summed E-state index contributed by atoms with van der Waals surface area (Å²) in [5.74, 6) is 0.466. The molecule has 13 heavy (non-hydrogen) atoms. The van der Waals surface area contributed by atoms with E-state index >= 15 is 0 Å². The Hall–Kier alpha value is -1.84. The molecule has 0 saturated heterocycles. The van der Waals surface area contributed by atoms with Gasteiger partial charge in [0.15, 0.2) is 5.82 Å². The van der Waals surface area contributed by atoms with Crippen LogP contribution >= 0.6 is 0 Å². The van der Waals surface area contributed by atoms with E-state index in [4.69, 9.17) is 5.73 Å². The molecular formula is C9H10N4. The predicted molar refractivity (Wildman–Crippen MR) is 50.9 cm³/mol. The SMILES string of the molecule is Cn1nnc(N)c1-c1ccccc1. The van der Waals surface area contributed by atoms with E-state index in [0.717, 1.165) is 11.3 Å². The Kier molecular flexibility index (Phi) is 1.73. The van der Waals surface area contributed by atoms with Crippen LogP contribution in [0.4, 0.5) is 5.82 Å². The molecule has 0 aliphatic heterocycles. The lowest BCUT2D eigenvalue weighted by molar-refractivity contribution is 0.721. The third-order valence-electron chi connectivity index (χ3n) is 1.90. The summed E-state index contributed by atoms with van der Waals surface area (Å²) in [5, 5.41) is 7.62. The number of aromatic nitrogens is 3. The first-order valence-corrected chi connectivity index (χ1v) is 3.99. The van der Waals surface area contributed by atoms with Crippen molar-refractivity contribution in [1.82, 2.24) is 15.0 Å². The average molecular weight is 174 g/mol. The number of rotatable bonds is 1. The van der Waals surface area contributed by atoms with E-state index in [1.54, 1.807) is 4.68 Å². The quantitative estimate of drug-likeness (QED) is 0.703. The first-order valence-electron chi connectivity index (χ1n) is 3.99. The van der Waals surface area contributed by atoms with Crippen LogP contribution in [0.1, 0.15) is 0 Å². The second-order valence-electron chi connectivity index (χ2n) is 2.81. The van der Waals surface area contributed by atoms with Crippen molar-refractivity contribution >= 4 is 5.82 Å². The molecule has 0 spiro atoms. The zero-order valence-electron chi connectivity index (χ0n) is 7.31. The van der Waals surface area contributed by atoms with Gasteiger partial charge in [-0.25, -0.2) is 4.68 Å². The number of anilines is 1. The predicted octanol–water partition coefficient (Wildman–Crippen LogP) is 1.06. The van der Waals surface area contributed by atoms with Crippen molar-refractivity contribution < 1.29 is 0 Å². The van der Waals surface area contributed by atoms with Crippen molar-refractivity contribution in [1.29, 1.82) is 0 Å². The van der Waals surface area contributed by atoms with Crippen molar-refractivity contribution in [2.24, 2.45) is 7.05 Å². The maximum absolute atomic E-state index is 5.68. The summed E-state index contributed by atoms with van der Waals surface area (Å²) in [6, 6.07) is 9.84. The molecule has 0 aliphatic carbocycles. The van der Waals surface area contributed by atoms with Gasteiger partial charge in [-0.05, 0) is 0 Å². The van der Waals surface area contributed by atoms with E-state index in [2.05, 4.69) is 10.3 Å². The molecular weight excluding hydrogens is 164 g/mol. The maximum Gasteiger partial charge on any atom is 0.174 e. The van der Waals surface area contributed by atoms with Gasteiger partial charge in [0.1, 0.15) is 5.69 Å². The molecule has 4 nitrogen and oxygen atoms in total. The van der Waals surface area contributed by atoms with Crippen LogP contribution in [0.15, 0.2) is 30.3 Å². The highest BCUT2D eigenvalue weighted by Gasteiger charge is 2.08. The maximum atomic E-state index is 5.68. The number of nitrogens with zero attached hydrogens (tertiary/aromatic N) is 3. The molecule has 0 amide bonds. The Bertz CT molecular complexity index is 385. The zero-order valence-corrected chi connectivity index (χ0v) is 7.31. The van der Waals surface area contributed by atoms with Gasteiger partial charge in [0.05, 0.1) is 0 Å². The van der Waals surface area contributed by atoms with Gasteiger partial charge in [-0.1, -0.05) is 35.5 Å². The number of benzene rings is 1. The molecule has 0 saturated carbocycles. The van der Waals surface area contributed by atoms with Gasteiger partial charge in [0.2, 0.25) is 0 Å². The summed E-state index contributed by atoms with van der Waals surface area (Å²) in [6.45, 7) is 0. The Morgan fingerprint density at radius 1 is 1.23 bits per heavy atom. The smallest absolute Gasteiger partial charge is 0.174 e. The van der Waals surface area contributed by atoms with Crippen molar-refractivity contribution in [3.63, 3.8) is 0 Å².